The van der Waals surface area contributed by atoms with Crippen molar-refractivity contribution in [2.75, 3.05) is 0 Å². The van der Waals surface area contributed by atoms with Gasteiger partial charge in [-0.25, -0.2) is 9.59 Å². The summed E-state index contributed by atoms with van der Waals surface area (Å²) in [6.45, 7) is 23.4. The first-order chi connectivity index (χ1) is 20.6. The monoisotopic (exact) mass is 660 g/mol. The Kier molecular flexibility index (Phi) is 10.0. The standard InChI is InChI=1S/C36H53O9P/c1-32(2,3)23-19-28(44-30(37)38)26(34(7,8)9)17-21(23)22-15-13-14-16-36(22,46(41,42)43)25-18-27(35(10,11)12)29(45-31(39)40)20-24(25)33(4,5)6/h17-20,22H,13-16H2,1-12H3,(H,37,38)(H,39,40)(H2,41,42,43). The molecule has 256 valence electrons. The molecule has 2 unspecified atom stereocenters. The van der Waals surface area contributed by atoms with Crippen LogP contribution in [-0.2, 0) is 31.4 Å². The number of hydrogen-bond acceptors (Lipinski definition) is 5. The maximum Gasteiger partial charge on any atom is 0.511 e. The van der Waals surface area contributed by atoms with Gasteiger partial charge in [-0.3, -0.25) is 4.57 Å². The maximum absolute atomic E-state index is 14.3. The molecule has 2 aromatic rings. The Morgan fingerprint density at radius 2 is 1.09 bits per heavy atom. The number of ether oxygens (including phenoxy) is 2. The lowest BCUT2D eigenvalue weighted by Gasteiger charge is -2.48. The van der Waals surface area contributed by atoms with E-state index in [0.717, 1.165) is 17.5 Å². The van der Waals surface area contributed by atoms with Gasteiger partial charge in [0.05, 0.1) is 0 Å². The Hall–Kier alpha value is -2.87. The summed E-state index contributed by atoms with van der Waals surface area (Å²) in [5, 5.41) is 17.6. The number of carboxylic acid groups (broad SMARTS) is 2. The molecular formula is C36H53O9P. The smallest absolute Gasteiger partial charge is 0.449 e. The average Bonchev–Trinajstić information content (AvgIpc) is 2.84. The molecule has 0 heterocycles. The van der Waals surface area contributed by atoms with E-state index in [1.807, 2.05) is 89.2 Å². The van der Waals surface area contributed by atoms with Crippen molar-refractivity contribution < 1.29 is 43.6 Å². The van der Waals surface area contributed by atoms with E-state index < -0.39 is 52.6 Å². The molecule has 1 saturated carbocycles. The molecule has 4 N–H and O–H groups in total. The molecule has 1 aliphatic rings. The fourth-order valence-electron chi connectivity index (χ4n) is 7.02. The molecule has 2 aromatic carbocycles. The minimum Gasteiger partial charge on any atom is -0.449 e. The van der Waals surface area contributed by atoms with Gasteiger partial charge in [0.25, 0.3) is 0 Å². The van der Waals surface area contributed by atoms with Crippen LogP contribution in [0.2, 0.25) is 0 Å². The van der Waals surface area contributed by atoms with Gasteiger partial charge in [0.1, 0.15) is 16.7 Å². The fourth-order valence-corrected chi connectivity index (χ4v) is 8.64. The van der Waals surface area contributed by atoms with E-state index in [1.165, 1.54) is 0 Å². The first-order valence-corrected chi connectivity index (χ1v) is 17.5. The second-order valence-corrected chi connectivity index (χ2v) is 18.7. The summed E-state index contributed by atoms with van der Waals surface area (Å²) in [6.07, 6.45) is -0.889. The van der Waals surface area contributed by atoms with E-state index in [9.17, 15) is 34.2 Å². The lowest BCUT2D eigenvalue weighted by Crippen LogP contribution is -2.40. The minimum absolute atomic E-state index is 0.141. The summed E-state index contributed by atoms with van der Waals surface area (Å²) in [5.74, 6) is -0.314. The molecule has 0 aliphatic heterocycles. The van der Waals surface area contributed by atoms with Crippen molar-refractivity contribution in [3.63, 3.8) is 0 Å². The fraction of sp³-hybridized carbons (Fsp3) is 0.611. The first kappa shape index (κ1) is 37.6. The zero-order valence-corrected chi connectivity index (χ0v) is 30.4. The Bertz CT molecular complexity index is 1540. The van der Waals surface area contributed by atoms with Crippen molar-refractivity contribution in [3.8, 4) is 11.5 Å². The van der Waals surface area contributed by atoms with Crippen LogP contribution >= 0.6 is 7.60 Å². The third-order valence-electron chi connectivity index (χ3n) is 9.14. The summed E-state index contributed by atoms with van der Waals surface area (Å²) >= 11 is 0. The second kappa shape index (κ2) is 12.3. The molecule has 1 aliphatic carbocycles. The highest BCUT2D eigenvalue weighted by molar-refractivity contribution is 7.53. The topological polar surface area (TPSA) is 151 Å². The van der Waals surface area contributed by atoms with Crippen LogP contribution in [0.1, 0.15) is 148 Å². The summed E-state index contributed by atoms with van der Waals surface area (Å²) in [4.78, 5) is 46.9. The van der Waals surface area contributed by atoms with E-state index in [0.29, 0.717) is 35.1 Å². The van der Waals surface area contributed by atoms with Gasteiger partial charge < -0.3 is 29.5 Å². The molecule has 0 radical (unpaired) electrons. The summed E-state index contributed by atoms with van der Waals surface area (Å²) in [7, 11) is -4.97. The zero-order valence-electron chi connectivity index (χ0n) is 29.5. The van der Waals surface area contributed by atoms with E-state index in [4.69, 9.17) is 9.47 Å². The van der Waals surface area contributed by atoms with Gasteiger partial charge in [-0.1, -0.05) is 108 Å². The van der Waals surface area contributed by atoms with Gasteiger partial charge in [-0.05, 0) is 68.9 Å². The lowest BCUT2D eigenvalue weighted by atomic mass is 9.64. The quantitative estimate of drug-likeness (QED) is 0.140. The van der Waals surface area contributed by atoms with Crippen molar-refractivity contribution >= 4 is 19.9 Å². The number of hydrogen-bond donors (Lipinski definition) is 4. The highest BCUT2D eigenvalue weighted by Gasteiger charge is 2.58. The average molecular weight is 661 g/mol. The molecule has 10 heteroatoms. The molecule has 0 spiro atoms. The molecule has 0 saturated heterocycles. The molecule has 0 amide bonds. The summed E-state index contributed by atoms with van der Waals surface area (Å²) in [5.41, 5.74) is 1.39. The Morgan fingerprint density at radius 1 is 0.674 bits per heavy atom. The molecule has 9 nitrogen and oxygen atoms in total. The van der Waals surface area contributed by atoms with Gasteiger partial charge in [0.2, 0.25) is 0 Å². The highest BCUT2D eigenvalue weighted by atomic mass is 31.2. The third-order valence-corrected chi connectivity index (χ3v) is 11.0. The van der Waals surface area contributed by atoms with E-state index in [2.05, 4.69) is 0 Å². The molecule has 1 fully saturated rings. The van der Waals surface area contributed by atoms with Crippen LogP contribution in [0.3, 0.4) is 0 Å². The van der Waals surface area contributed by atoms with E-state index in [-0.39, 0.29) is 17.9 Å². The van der Waals surface area contributed by atoms with Crippen LogP contribution in [0.4, 0.5) is 9.59 Å². The Morgan fingerprint density at radius 3 is 1.48 bits per heavy atom. The van der Waals surface area contributed by atoms with Gasteiger partial charge >= 0.3 is 19.9 Å². The first-order valence-electron chi connectivity index (χ1n) is 15.9. The second-order valence-electron chi connectivity index (χ2n) is 16.8. The number of carbonyl (C=O) groups is 2. The van der Waals surface area contributed by atoms with Crippen LogP contribution in [0.15, 0.2) is 24.3 Å². The number of benzene rings is 2. The lowest BCUT2D eigenvalue weighted by molar-refractivity contribution is 0.142. The van der Waals surface area contributed by atoms with Crippen molar-refractivity contribution in [1.82, 2.24) is 0 Å². The molecule has 0 bridgehead atoms. The SMILES string of the molecule is CC(C)(C)c1cc(C2CCCCC2(c2cc(C(C)(C)C)c(OC(=O)O)cc2C(C)(C)C)P(=O)(O)O)c(C(C)(C)C)cc1OC(=O)O. The largest absolute Gasteiger partial charge is 0.511 e. The van der Waals surface area contributed by atoms with Crippen molar-refractivity contribution in [2.45, 2.75) is 142 Å². The molecule has 0 aromatic heterocycles. The molecule has 3 rings (SSSR count). The Balaban J connectivity index is 2.63. The number of rotatable bonds is 5. The van der Waals surface area contributed by atoms with Gasteiger partial charge in [-0.15, -0.1) is 0 Å². The predicted molar refractivity (Wildman–Crippen MR) is 180 cm³/mol. The highest BCUT2D eigenvalue weighted by Crippen LogP contribution is 2.70. The van der Waals surface area contributed by atoms with Crippen LogP contribution in [0, 0.1) is 0 Å². The van der Waals surface area contributed by atoms with Crippen LogP contribution in [-0.4, -0.2) is 32.3 Å². The zero-order chi connectivity index (χ0) is 35.4. The predicted octanol–water partition coefficient (Wildman–Crippen LogP) is 9.72. The van der Waals surface area contributed by atoms with Crippen molar-refractivity contribution in [1.29, 1.82) is 0 Å². The minimum atomic E-state index is -4.97. The van der Waals surface area contributed by atoms with Gasteiger partial charge in [-0.2, -0.15) is 0 Å². The van der Waals surface area contributed by atoms with Crippen LogP contribution in [0.25, 0.3) is 0 Å². The van der Waals surface area contributed by atoms with Crippen molar-refractivity contribution in [2.24, 2.45) is 0 Å². The molecule has 2 atom stereocenters. The molecular weight excluding hydrogens is 607 g/mol. The van der Waals surface area contributed by atoms with Gasteiger partial charge in [0, 0.05) is 17.0 Å². The normalized spacial score (nSPS) is 19.9. The van der Waals surface area contributed by atoms with Gasteiger partial charge in [0.15, 0.2) is 0 Å². The Labute approximate surface area is 273 Å². The van der Waals surface area contributed by atoms with Crippen LogP contribution < -0.4 is 9.47 Å². The summed E-state index contributed by atoms with van der Waals surface area (Å²) in [6, 6.07) is 7.07. The molecule has 46 heavy (non-hydrogen) atoms. The van der Waals surface area contributed by atoms with E-state index in [1.54, 1.807) is 18.2 Å². The van der Waals surface area contributed by atoms with Crippen LogP contribution in [0.5, 0.6) is 11.5 Å². The maximum atomic E-state index is 14.3. The third kappa shape index (κ3) is 7.48. The summed E-state index contributed by atoms with van der Waals surface area (Å²) < 4.78 is 24.9. The van der Waals surface area contributed by atoms with E-state index >= 15 is 0 Å². The van der Waals surface area contributed by atoms with Crippen molar-refractivity contribution in [3.05, 3.63) is 57.6 Å².